The van der Waals surface area contributed by atoms with Crippen LogP contribution in [0.25, 0.3) is 28.2 Å². The zero-order chi connectivity index (χ0) is 29.3. The molecule has 1 atom stereocenters. The lowest BCUT2D eigenvalue weighted by Gasteiger charge is -2.19. The van der Waals surface area contributed by atoms with Crippen LogP contribution in [0.3, 0.4) is 0 Å². The van der Waals surface area contributed by atoms with E-state index in [9.17, 15) is 22.0 Å². The molecule has 214 valence electrons. The Kier molecular flexibility index (Phi) is 7.77. The van der Waals surface area contributed by atoms with E-state index in [-0.39, 0.29) is 34.9 Å². The van der Waals surface area contributed by atoms with Crippen molar-refractivity contribution in [3.05, 3.63) is 77.6 Å². The van der Waals surface area contributed by atoms with E-state index >= 15 is 4.39 Å². The predicted octanol–water partition coefficient (Wildman–Crippen LogP) is 5.35. The van der Waals surface area contributed by atoms with Crippen LogP contribution < -0.4 is 0 Å². The van der Waals surface area contributed by atoms with Crippen LogP contribution >= 0.6 is 11.6 Å². The normalized spacial score (nSPS) is 12.8. The fourth-order valence-corrected chi connectivity index (χ4v) is 4.30. The summed E-state index contributed by atoms with van der Waals surface area (Å²) in [6.07, 6.45) is 1.91. The number of alkyl halides is 5. The molecular formula is C24H18ClF6N9O. The fourth-order valence-electron chi connectivity index (χ4n) is 4.15. The van der Waals surface area contributed by atoms with Crippen LogP contribution in [0, 0.1) is 5.82 Å². The smallest absolute Gasteiger partial charge is 0.328 e. The average Bonchev–Trinajstić information content (AvgIpc) is 3.69. The molecule has 0 saturated carbocycles. The monoisotopic (exact) mass is 597 g/mol. The Labute approximate surface area is 232 Å². The quantitative estimate of drug-likeness (QED) is 0.211. The standard InChI is InChI=1S/C24H18ClF6N9O/c1-38-19(9-34-36-38)16-10-39(12-33-16)17(6-7-41-23(27)28)15-4-2-13(8-32-15)21-18(5-3-14(25)22(21)26)40-11-20(35-37-40)24(29,30)31/h2-5,8-12,17,23H,6-7H2,1H3. The first kappa shape index (κ1) is 28.2. The van der Waals surface area contributed by atoms with Gasteiger partial charge in [0.15, 0.2) is 11.5 Å². The molecule has 1 aromatic carbocycles. The molecule has 0 fully saturated rings. The van der Waals surface area contributed by atoms with Crippen molar-refractivity contribution in [3.8, 4) is 28.2 Å². The van der Waals surface area contributed by atoms with Crippen LogP contribution in [0.15, 0.2) is 55.4 Å². The number of aryl methyl sites for hydroxylation is 1. The van der Waals surface area contributed by atoms with Crippen LogP contribution in [0.2, 0.25) is 5.02 Å². The van der Waals surface area contributed by atoms with Gasteiger partial charge >= 0.3 is 12.8 Å². The van der Waals surface area contributed by atoms with E-state index < -0.39 is 30.3 Å². The molecule has 0 amide bonds. The molecule has 0 radical (unpaired) electrons. The number of ether oxygens (including phenoxy) is 1. The zero-order valence-corrected chi connectivity index (χ0v) is 21.6. The maximum absolute atomic E-state index is 15.3. The topological polar surface area (TPSA) is 101 Å². The molecule has 10 nitrogen and oxygen atoms in total. The van der Waals surface area contributed by atoms with Gasteiger partial charge in [-0.25, -0.2) is 18.7 Å². The maximum atomic E-state index is 15.3. The first-order valence-electron chi connectivity index (χ1n) is 11.8. The van der Waals surface area contributed by atoms with Crippen LogP contribution in [0.1, 0.15) is 23.9 Å². The van der Waals surface area contributed by atoms with Gasteiger partial charge < -0.3 is 9.30 Å². The number of imidazole rings is 1. The molecular weight excluding hydrogens is 580 g/mol. The molecule has 5 aromatic rings. The summed E-state index contributed by atoms with van der Waals surface area (Å²) in [5.74, 6) is -0.909. The summed E-state index contributed by atoms with van der Waals surface area (Å²) >= 11 is 5.98. The molecule has 0 aliphatic heterocycles. The largest absolute Gasteiger partial charge is 0.436 e. The van der Waals surface area contributed by atoms with Crippen molar-refractivity contribution in [1.29, 1.82) is 0 Å². The van der Waals surface area contributed by atoms with Crippen molar-refractivity contribution >= 4 is 11.6 Å². The zero-order valence-electron chi connectivity index (χ0n) is 20.8. The minimum absolute atomic E-state index is 0.0598. The number of aromatic nitrogens is 9. The highest BCUT2D eigenvalue weighted by molar-refractivity contribution is 6.31. The number of halogens is 7. The van der Waals surface area contributed by atoms with E-state index in [0.717, 1.165) is 4.68 Å². The summed E-state index contributed by atoms with van der Waals surface area (Å²) in [5, 5.41) is 14.0. The number of pyridine rings is 1. The number of nitrogens with zero attached hydrogens (tertiary/aromatic N) is 9. The van der Waals surface area contributed by atoms with Gasteiger partial charge in [-0.05, 0) is 24.6 Å². The molecule has 5 rings (SSSR count). The van der Waals surface area contributed by atoms with Crippen molar-refractivity contribution in [2.75, 3.05) is 6.61 Å². The van der Waals surface area contributed by atoms with E-state index in [4.69, 9.17) is 11.6 Å². The van der Waals surface area contributed by atoms with E-state index in [1.54, 1.807) is 17.8 Å². The second-order valence-corrected chi connectivity index (χ2v) is 9.07. The van der Waals surface area contributed by atoms with Gasteiger partial charge in [-0.3, -0.25) is 4.98 Å². The number of hydrogen-bond donors (Lipinski definition) is 0. The SMILES string of the molecule is Cn1nncc1-c1cn(C(CCOC(F)F)c2ccc(-c3c(-n4cc(C(F)(F)F)nn4)ccc(Cl)c3F)cn2)cn1. The van der Waals surface area contributed by atoms with E-state index in [1.807, 2.05) is 0 Å². The Morgan fingerprint density at radius 3 is 2.46 bits per heavy atom. The predicted molar refractivity (Wildman–Crippen MR) is 131 cm³/mol. The summed E-state index contributed by atoms with van der Waals surface area (Å²) in [7, 11) is 1.68. The molecule has 0 N–H and O–H groups in total. The first-order chi connectivity index (χ1) is 19.5. The van der Waals surface area contributed by atoms with Crippen LogP contribution in [0.5, 0.6) is 0 Å². The second kappa shape index (κ2) is 11.3. The molecule has 0 aliphatic rings. The Balaban J connectivity index is 1.51. The molecule has 4 aromatic heterocycles. The molecule has 0 saturated heterocycles. The van der Waals surface area contributed by atoms with Gasteiger partial charge in [0.1, 0.15) is 11.4 Å². The Morgan fingerprint density at radius 2 is 1.83 bits per heavy atom. The summed E-state index contributed by atoms with van der Waals surface area (Å²) in [4.78, 5) is 8.76. The maximum Gasteiger partial charge on any atom is 0.436 e. The third-order valence-corrected chi connectivity index (χ3v) is 6.39. The third kappa shape index (κ3) is 5.92. The van der Waals surface area contributed by atoms with E-state index in [0.29, 0.717) is 23.3 Å². The summed E-state index contributed by atoms with van der Waals surface area (Å²) in [6.45, 7) is -3.28. The van der Waals surface area contributed by atoms with Crippen molar-refractivity contribution in [1.82, 2.24) is 44.5 Å². The van der Waals surface area contributed by atoms with Crippen molar-refractivity contribution in [2.45, 2.75) is 25.3 Å². The molecule has 1 unspecified atom stereocenters. The number of hydrogen-bond acceptors (Lipinski definition) is 7. The average molecular weight is 598 g/mol. The van der Waals surface area contributed by atoms with Gasteiger partial charge in [-0.1, -0.05) is 28.1 Å². The lowest BCUT2D eigenvalue weighted by Crippen LogP contribution is -2.14. The van der Waals surface area contributed by atoms with Gasteiger partial charge in [0.05, 0.1) is 47.8 Å². The van der Waals surface area contributed by atoms with E-state index in [2.05, 4.69) is 35.3 Å². The van der Waals surface area contributed by atoms with Crippen LogP contribution in [-0.2, 0) is 18.0 Å². The number of benzene rings is 1. The minimum atomic E-state index is -4.75. The highest BCUT2D eigenvalue weighted by Gasteiger charge is 2.35. The van der Waals surface area contributed by atoms with Crippen LogP contribution in [-0.4, -0.2) is 57.7 Å². The summed E-state index contributed by atoms with van der Waals surface area (Å²) in [6, 6.07) is 4.86. The summed E-state index contributed by atoms with van der Waals surface area (Å²) < 4.78 is 88.3. The fraction of sp³-hybridized carbons (Fsp3) is 0.250. The molecule has 0 spiro atoms. The van der Waals surface area contributed by atoms with E-state index in [1.165, 1.54) is 47.7 Å². The molecule has 4 heterocycles. The lowest BCUT2D eigenvalue weighted by molar-refractivity contribution is -0.141. The highest BCUT2D eigenvalue weighted by Crippen LogP contribution is 2.35. The number of rotatable bonds is 9. The van der Waals surface area contributed by atoms with Gasteiger partial charge in [-0.2, -0.15) is 22.0 Å². The highest BCUT2D eigenvalue weighted by atomic mass is 35.5. The minimum Gasteiger partial charge on any atom is -0.328 e. The third-order valence-electron chi connectivity index (χ3n) is 6.09. The van der Waals surface area contributed by atoms with Gasteiger partial charge in [0.2, 0.25) is 0 Å². The van der Waals surface area contributed by atoms with Crippen LogP contribution in [0.4, 0.5) is 26.3 Å². The van der Waals surface area contributed by atoms with Gasteiger partial charge in [0.25, 0.3) is 0 Å². The molecule has 0 bridgehead atoms. The van der Waals surface area contributed by atoms with Crippen molar-refractivity contribution < 1.29 is 31.1 Å². The van der Waals surface area contributed by atoms with Crippen molar-refractivity contribution in [3.63, 3.8) is 0 Å². The van der Waals surface area contributed by atoms with Crippen molar-refractivity contribution in [2.24, 2.45) is 7.05 Å². The Hall–Kier alpha value is -4.31. The summed E-state index contributed by atoms with van der Waals surface area (Å²) in [5.41, 5.74) is 0.205. The first-order valence-corrected chi connectivity index (χ1v) is 12.1. The molecule has 0 aliphatic carbocycles. The second-order valence-electron chi connectivity index (χ2n) is 8.66. The Bertz CT molecular complexity index is 1650. The van der Waals surface area contributed by atoms with Gasteiger partial charge in [-0.15, -0.1) is 10.2 Å². The van der Waals surface area contributed by atoms with Gasteiger partial charge in [0, 0.05) is 30.6 Å². The Morgan fingerprint density at radius 1 is 1.02 bits per heavy atom. The molecule has 17 heteroatoms. The lowest BCUT2D eigenvalue weighted by atomic mass is 10.0. The molecule has 41 heavy (non-hydrogen) atoms.